The molecule has 1 N–H and O–H groups in total. The number of rotatable bonds is 7. The van der Waals surface area contributed by atoms with Crippen molar-refractivity contribution in [1.29, 1.82) is 0 Å². The molecule has 2 aliphatic rings. The van der Waals surface area contributed by atoms with Crippen LogP contribution in [0.5, 0.6) is 5.88 Å². The molecular formula is C20H19N7O4. The highest BCUT2D eigenvalue weighted by atomic mass is 16.5. The Kier molecular flexibility index (Phi) is 4.50. The summed E-state index contributed by atoms with van der Waals surface area (Å²) in [6, 6.07) is 3.14. The molecule has 0 aromatic carbocycles. The van der Waals surface area contributed by atoms with Crippen LogP contribution in [0.2, 0.25) is 0 Å². The normalized spacial score (nSPS) is 16.3. The number of carbonyl (C=O) groups excluding carboxylic acids is 3. The van der Waals surface area contributed by atoms with Crippen LogP contribution in [0.15, 0.2) is 30.7 Å². The molecule has 0 spiro atoms. The van der Waals surface area contributed by atoms with E-state index in [1.165, 1.54) is 18.1 Å². The number of fused-ring (bicyclic) bond motifs is 1. The van der Waals surface area contributed by atoms with Crippen molar-refractivity contribution in [3.05, 3.63) is 42.0 Å². The molecule has 0 atom stereocenters. The van der Waals surface area contributed by atoms with Crippen molar-refractivity contribution in [2.45, 2.75) is 25.4 Å². The zero-order valence-electron chi connectivity index (χ0n) is 16.7. The zero-order valence-corrected chi connectivity index (χ0v) is 16.7. The fourth-order valence-electron chi connectivity index (χ4n) is 3.56. The first-order valence-corrected chi connectivity index (χ1v) is 9.79. The van der Waals surface area contributed by atoms with Crippen LogP contribution in [0.3, 0.4) is 0 Å². The number of aromatic nitrogens is 4. The highest BCUT2D eigenvalue weighted by Crippen LogP contribution is 2.42. The molecule has 5 rings (SSSR count). The predicted octanol–water partition coefficient (Wildman–Crippen LogP) is 1.55. The number of carbonyl (C=O) groups is 3. The summed E-state index contributed by atoms with van der Waals surface area (Å²) < 4.78 is 7.54. The minimum Gasteiger partial charge on any atom is -0.470 e. The average molecular weight is 421 g/mol. The van der Waals surface area contributed by atoms with Crippen molar-refractivity contribution in [2.75, 3.05) is 23.8 Å². The number of ether oxygens (including phenoxy) is 1. The largest absolute Gasteiger partial charge is 0.470 e. The molecule has 0 radical (unpaired) electrons. The van der Waals surface area contributed by atoms with E-state index < -0.39 is 0 Å². The van der Waals surface area contributed by atoms with Crippen molar-refractivity contribution in [2.24, 2.45) is 0 Å². The number of amides is 4. The van der Waals surface area contributed by atoms with E-state index in [2.05, 4.69) is 20.5 Å². The number of imidazole rings is 1. The quantitative estimate of drug-likeness (QED) is 0.454. The Labute approximate surface area is 176 Å². The van der Waals surface area contributed by atoms with E-state index in [1.54, 1.807) is 6.07 Å². The van der Waals surface area contributed by atoms with E-state index in [4.69, 9.17) is 4.74 Å². The van der Waals surface area contributed by atoms with Gasteiger partial charge in [-0.15, -0.1) is 5.10 Å². The lowest BCUT2D eigenvalue weighted by atomic mass is 10.1. The molecule has 1 saturated carbocycles. The second-order valence-electron chi connectivity index (χ2n) is 7.55. The standard InChI is InChI=1S/C20H19N7O4/c1-25-18(29)9-27(20(25)30)16-4-13(12-2-3-12)7-26-8-15(23-19(16)26)10-31-17-5-14(21-11-28)6-22-24-17/h4-8,11-12H,2-3,9-10H2,1H3,(H,21,24,28). The third-order valence-corrected chi connectivity index (χ3v) is 5.35. The Hall–Kier alpha value is -4.02. The van der Waals surface area contributed by atoms with E-state index in [0.29, 0.717) is 35.0 Å². The number of imide groups is 1. The van der Waals surface area contributed by atoms with Crippen LogP contribution in [0.25, 0.3) is 5.65 Å². The summed E-state index contributed by atoms with van der Waals surface area (Å²) in [4.78, 5) is 42.4. The first-order chi connectivity index (χ1) is 15.0. The Bertz CT molecular complexity index is 1200. The van der Waals surface area contributed by atoms with Gasteiger partial charge < -0.3 is 14.5 Å². The zero-order chi connectivity index (χ0) is 21.5. The number of pyridine rings is 1. The van der Waals surface area contributed by atoms with Gasteiger partial charge in [0.25, 0.3) is 0 Å². The van der Waals surface area contributed by atoms with Crippen LogP contribution >= 0.6 is 0 Å². The highest BCUT2D eigenvalue weighted by Gasteiger charge is 2.36. The molecular weight excluding hydrogens is 402 g/mol. The molecule has 11 heteroatoms. The van der Waals surface area contributed by atoms with Crippen LogP contribution in [-0.2, 0) is 16.2 Å². The van der Waals surface area contributed by atoms with Crippen molar-refractivity contribution in [3.63, 3.8) is 0 Å². The summed E-state index contributed by atoms with van der Waals surface area (Å²) in [6.07, 6.45) is 8.00. The fourth-order valence-corrected chi connectivity index (χ4v) is 3.56. The number of hydrogen-bond acceptors (Lipinski definition) is 7. The van der Waals surface area contributed by atoms with Gasteiger partial charge in [-0.25, -0.2) is 9.78 Å². The van der Waals surface area contributed by atoms with Crippen LogP contribution < -0.4 is 15.0 Å². The first kappa shape index (κ1) is 19.0. The number of anilines is 2. The first-order valence-electron chi connectivity index (χ1n) is 9.79. The SMILES string of the molecule is CN1C(=O)CN(c2cc(C3CC3)cn3cc(COc4cc(NC=O)cnn4)nc23)C1=O. The molecule has 0 unspecified atom stereocenters. The van der Waals surface area contributed by atoms with Crippen molar-refractivity contribution < 1.29 is 19.1 Å². The van der Waals surface area contributed by atoms with Crippen LogP contribution in [-0.4, -0.2) is 56.4 Å². The van der Waals surface area contributed by atoms with Gasteiger partial charge in [-0.1, -0.05) is 0 Å². The van der Waals surface area contributed by atoms with Crippen LogP contribution in [0.1, 0.15) is 30.0 Å². The molecule has 31 heavy (non-hydrogen) atoms. The van der Waals surface area contributed by atoms with Gasteiger partial charge in [-0.05, 0) is 30.4 Å². The van der Waals surface area contributed by atoms with Gasteiger partial charge in [0.15, 0.2) is 5.65 Å². The molecule has 1 saturated heterocycles. The smallest absolute Gasteiger partial charge is 0.331 e. The molecule has 11 nitrogen and oxygen atoms in total. The van der Waals surface area contributed by atoms with Gasteiger partial charge in [-0.3, -0.25) is 19.4 Å². The van der Waals surface area contributed by atoms with Gasteiger partial charge in [0.05, 0.1) is 23.3 Å². The second-order valence-corrected chi connectivity index (χ2v) is 7.55. The van der Waals surface area contributed by atoms with Crippen molar-refractivity contribution >= 4 is 35.4 Å². The van der Waals surface area contributed by atoms with Gasteiger partial charge in [-0.2, -0.15) is 5.10 Å². The number of nitrogens with one attached hydrogen (secondary N) is 1. The summed E-state index contributed by atoms with van der Waals surface area (Å²) in [5, 5.41) is 10.2. The maximum Gasteiger partial charge on any atom is 0.331 e. The lowest BCUT2D eigenvalue weighted by Crippen LogP contribution is -2.30. The molecule has 3 aromatic rings. The van der Waals surface area contributed by atoms with Crippen molar-refractivity contribution in [1.82, 2.24) is 24.5 Å². The van der Waals surface area contributed by atoms with Gasteiger partial charge in [0.1, 0.15) is 13.2 Å². The highest BCUT2D eigenvalue weighted by molar-refractivity contribution is 6.13. The van der Waals surface area contributed by atoms with Crippen molar-refractivity contribution in [3.8, 4) is 5.88 Å². The second kappa shape index (κ2) is 7.35. The predicted molar refractivity (Wildman–Crippen MR) is 109 cm³/mol. The minimum atomic E-state index is -0.365. The summed E-state index contributed by atoms with van der Waals surface area (Å²) in [7, 11) is 1.48. The molecule has 4 amide bonds. The van der Waals surface area contributed by atoms with Gasteiger partial charge in [0.2, 0.25) is 18.2 Å². The van der Waals surface area contributed by atoms with Crippen LogP contribution in [0, 0.1) is 0 Å². The average Bonchev–Trinajstić information content (AvgIpc) is 3.49. The minimum absolute atomic E-state index is 0.01000. The van der Waals surface area contributed by atoms with Crippen LogP contribution in [0.4, 0.5) is 16.2 Å². The maximum atomic E-state index is 12.6. The number of urea groups is 1. The lowest BCUT2D eigenvalue weighted by molar-refractivity contribution is -0.123. The summed E-state index contributed by atoms with van der Waals surface area (Å²) in [6.45, 7) is 0.107. The summed E-state index contributed by atoms with van der Waals surface area (Å²) in [5.41, 5.74) is 3.38. The molecule has 0 bridgehead atoms. The topological polar surface area (TPSA) is 122 Å². The van der Waals surface area contributed by atoms with Gasteiger partial charge >= 0.3 is 6.03 Å². The van der Waals surface area contributed by atoms with Gasteiger partial charge in [0, 0.05) is 25.5 Å². The molecule has 2 fully saturated rings. The van der Waals surface area contributed by atoms with E-state index in [9.17, 15) is 14.4 Å². The Morgan fingerprint density at radius 3 is 2.81 bits per heavy atom. The van der Waals surface area contributed by atoms with E-state index in [0.717, 1.165) is 23.3 Å². The summed E-state index contributed by atoms with van der Waals surface area (Å²) >= 11 is 0. The maximum absolute atomic E-state index is 12.6. The van der Waals surface area contributed by atoms with E-state index in [-0.39, 0.29) is 31.0 Å². The van der Waals surface area contributed by atoms with E-state index >= 15 is 0 Å². The third kappa shape index (κ3) is 3.54. The van der Waals surface area contributed by atoms with E-state index in [1.807, 2.05) is 22.9 Å². The number of likely N-dealkylation sites (N-methyl/N-ethyl adjacent to an activating group) is 1. The monoisotopic (exact) mass is 421 g/mol. The number of hydrogen-bond donors (Lipinski definition) is 1. The fraction of sp³-hybridized carbons (Fsp3) is 0.300. The summed E-state index contributed by atoms with van der Waals surface area (Å²) in [5.74, 6) is 0.446. The Morgan fingerprint density at radius 1 is 1.26 bits per heavy atom. The molecule has 1 aliphatic heterocycles. The third-order valence-electron chi connectivity index (χ3n) is 5.35. The molecule has 1 aliphatic carbocycles. The molecule has 158 valence electrons. The number of nitrogens with zero attached hydrogens (tertiary/aromatic N) is 6. The Balaban J connectivity index is 1.46. The molecule has 4 heterocycles. The Morgan fingerprint density at radius 2 is 2.10 bits per heavy atom. The lowest BCUT2D eigenvalue weighted by Gasteiger charge is -2.17. The molecule has 3 aromatic heterocycles.